The summed E-state index contributed by atoms with van der Waals surface area (Å²) in [5.74, 6) is 2.78. The number of thioether (sulfide) groups is 1. The maximum absolute atomic E-state index is 12.0. The lowest BCUT2D eigenvalue weighted by atomic mass is 10.2. The number of rotatable bonds is 6. The number of halogens is 1. The third-order valence-corrected chi connectivity index (χ3v) is 4.64. The van der Waals surface area contributed by atoms with Gasteiger partial charge in [0.25, 0.3) is 0 Å². The molecule has 5 nitrogen and oxygen atoms in total. The largest absolute Gasteiger partial charge is 0.490 e. The van der Waals surface area contributed by atoms with E-state index in [-0.39, 0.29) is 12.1 Å². The predicted molar refractivity (Wildman–Crippen MR) is 91.3 cm³/mol. The molecule has 1 fully saturated rings. The molecule has 0 aromatic heterocycles. The molecule has 1 aliphatic heterocycles. The zero-order valence-corrected chi connectivity index (χ0v) is 14.1. The summed E-state index contributed by atoms with van der Waals surface area (Å²) in [5.41, 5.74) is 0.645. The average Bonchev–Trinajstić information content (AvgIpc) is 2.50. The monoisotopic (exact) mass is 344 g/mol. The number of benzene rings is 1. The SMILES string of the molecule is COCCOc1ccc(NC(=O)NC2CCSCC2)cc1Cl. The van der Waals surface area contributed by atoms with E-state index in [0.29, 0.717) is 29.7 Å². The minimum atomic E-state index is -0.194. The number of amides is 2. The lowest BCUT2D eigenvalue weighted by Crippen LogP contribution is -2.39. The number of methoxy groups -OCH3 is 1. The van der Waals surface area contributed by atoms with Crippen molar-refractivity contribution < 1.29 is 14.3 Å². The van der Waals surface area contributed by atoms with E-state index in [4.69, 9.17) is 21.1 Å². The zero-order valence-electron chi connectivity index (χ0n) is 12.6. The molecule has 0 spiro atoms. The number of carbonyl (C=O) groups excluding carboxylic acids is 1. The first-order chi connectivity index (χ1) is 10.7. The number of anilines is 1. The summed E-state index contributed by atoms with van der Waals surface area (Å²) >= 11 is 8.07. The van der Waals surface area contributed by atoms with Crippen LogP contribution in [-0.4, -0.2) is 43.9 Å². The second kappa shape index (κ2) is 9.12. The molecule has 7 heteroatoms. The maximum atomic E-state index is 12.0. The van der Waals surface area contributed by atoms with Gasteiger partial charge in [-0.25, -0.2) is 4.79 Å². The molecule has 0 atom stereocenters. The van der Waals surface area contributed by atoms with Crippen LogP contribution in [-0.2, 0) is 4.74 Å². The highest BCUT2D eigenvalue weighted by molar-refractivity contribution is 7.99. The van der Waals surface area contributed by atoms with Gasteiger partial charge in [0.1, 0.15) is 12.4 Å². The van der Waals surface area contributed by atoms with Crippen molar-refractivity contribution in [2.75, 3.05) is 37.1 Å². The number of hydrogen-bond donors (Lipinski definition) is 2. The van der Waals surface area contributed by atoms with Gasteiger partial charge in [0.05, 0.1) is 11.6 Å². The van der Waals surface area contributed by atoms with Crippen LogP contribution in [0.15, 0.2) is 18.2 Å². The summed E-state index contributed by atoms with van der Waals surface area (Å²) in [4.78, 5) is 12.0. The Morgan fingerprint density at radius 1 is 1.36 bits per heavy atom. The van der Waals surface area contributed by atoms with Crippen molar-refractivity contribution in [1.29, 1.82) is 0 Å². The Morgan fingerprint density at radius 3 is 2.82 bits per heavy atom. The minimum absolute atomic E-state index is 0.194. The highest BCUT2D eigenvalue weighted by atomic mass is 35.5. The molecule has 0 aliphatic carbocycles. The molecule has 1 aromatic carbocycles. The zero-order chi connectivity index (χ0) is 15.8. The standard InChI is InChI=1S/C15H21ClN2O3S/c1-20-6-7-21-14-3-2-12(10-13(14)16)18-15(19)17-11-4-8-22-9-5-11/h2-3,10-11H,4-9H2,1H3,(H2,17,18,19). The molecule has 0 radical (unpaired) electrons. The van der Waals surface area contributed by atoms with Crippen molar-refractivity contribution in [2.24, 2.45) is 0 Å². The molecule has 0 bridgehead atoms. The normalized spacial score (nSPS) is 15.4. The van der Waals surface area contributed by atoms with Crippen LogP contribution in [0.3, 0.4) is 0 Å². The Bertz CT molecular complexity index is 496. The van der Waals surface area contributed by atoms with E-state index < -0.39 is 0 Å². The number of ether oxygens (including phenoxy) is 2. The highest BCUT2D eigenvalue weighted by Gasteiger charge is 2.16. The molecule has 22 heavy (non-hydrogen) atoms. The van der Waals surface area contributed by atoms with E-state index in [0.717, 1.165) is 24.3 Å². The summed E-state index contributed by atoms with van der Waals surface area (Å²) in [6, 6.07) is 5.25. The van der Waals surface area contributed by atoms with Crippen LogP contribution in [0.5, 0.6) is 5.75 Å². The first-order valence-electron chi connectivity index (χ1n) is 7.25. The summed E-state index contributed by atoms with van der Waals surface area (Å²) in [7, 11) is 1.61. The van der Waals surface area contributed by atoms with E-state index in [1.54, 1.807) is 25.3 Å². The number of urea groups is 1. The van der Waals surface area contributed by atoms with Crippen molar-refractivity contribution in [3.8, 4) is 5.75 Å². The fourth-order valence-corrected chi connectivity index (χ4v) is 3.47. The Hall–Kier alpha value is -1.11. The lowest BCUT2D eigenvalue weighted by Gasteiger charge is -2.22. The Labute approximate surface area is 140 Å². The topological polar surface area (TPSA) is 59.6 Å². The second-order valence-electron chi connectivity index (χ2n) is 4.97. The van der Waals surface area contributed by atoms with Gasteiger partial charge in [0.2, 0.25) is 0 Å². The number of carbonyl (C=O) groups is 1. The fourth-order valence-electron chi connectivity index (χ4n) is 2.13. The quantitative estimate of drug-likeness (QED) is 0.777. The lowest BCUT2D eigenvalue weighted by molar-refractivity contribution is 0.146. The molecule has 1 saturated heterocycles. The van der Waals surface area contributed by atoms with Crippen LogP contribution in [0.4, 0.5) is 10.5 Å². The molecule has 2 amide bonds. The first kappa shape index (κ1) is 17.2. The van der Waals surface area contributed by atoms with E-state index in [1.165, 1.54) is 0 Å². The van der Waals surface area contributed by atoms with Crippen molar-refractivity contribution in [2.45, 2.75) is 18.9 Å². The number of hydrogen-bond acceptors (Lipinski definition) is 4. The van der Waals surface area contributed by atoms with E-state index >= 15 is 0 Å². The van der Waals surface area contributed by atoms with Crippen LogP contribution in [0.25, 0.3) is 0 Å². The Balaban J connectivity index is 1.84. The summed E-state index contributed by atoms with van der Waals surface area (Å²) in [6.45, 7) is 0.932. The smallest absolute Gasteiger partial charge is 0.319 e. The van der Waals surface area contributed by atoms with Gasteiger partial charge in [0, 0.05) is 18.8 Å². The van der Waals surface area contributed by atoms with Gasteiger partial charge in [0.15, 0.2) is 0 Å². The molecule has 0 saturated carbocycles. The van der Waals surface area contributed by atoms with Gasteiger partial charge >= 0.3 is 6.03 Å². The fraction of sp³-hybridized carbons (Fsp3) is 0.533. The molecule has 1 aliphatic rings. The minimum Gasteiger partial charge on any atom is -0.490 e. The summed E-state index contributed by atoms with van der Waals surface area (Å²) in [6.07, 6.45) is 2.04. The van der Waals surface area contributed by atoms with Crippen molar-refractivity contribution in [3.05, 3.63) is 23.2 Å². The molecule has 1 heterocycles. The molecular weight excluding hydrogens is 324 g/mol. The van der Waals surface area contributed by atoms with Crippen LogP contribution in [0.1, 0.15) is 12.8 Å². The summed E-state index contributed by atoms with van der Waals surface area (Å²) in [5, 5.41) is 6.25. The third-order valence-electron chi connectivity index (χ3n) is 3.29. The Morgan fingerprint density at radius 2 is 2.14 bits per heavy atom. The first-order valence-corrected chi connectivity index (χ1v) is 8.79. The molecule has 2 N–H and O–H groups in total. The van der Waals surface area contributed by atoms with Crippen molar-refractivity contribution in [3.63, 3.8) is 0 Å². The van der Waals surface area contributed by atoms with Gasteiger partial charge in [-0.15, -0.1) is 0 Å². The van der Waals surface area contributed by atoms with Gasteiger partial charge in [-0.05, 0) is 42.5 Å². The summed E-state index contributed by atoms with van der Waals surface area (Å²) < 4.78 is 10.4. The molecule has 0 unspecified atom stereocenters. The van der Waals surface area contributed by atoms with Crippen LogP contribution in [0, 0.1) is 0 Å². The van der Waals surface area contributed by atoms with Crippen LogP contribution in [0.2, 0.25) is 5.02 Å². The molecule has 2 rings (SSSR count). The van der Waals surface area contributed by atoms with E-state index in [2.05, 4.69) is 10.6 Å². The molecule has 1 aromatic rings. The second-order valence-corrected chi connectivity index (χ2v) is 6.60. The van der Waals surface area contributed by atoms with Gasteiger partial charge < -0.3 is 20.1 Å². The predicted octanol–water partition coefficient (Wildman–Crippen LogP) is 3.38. The van der Waals surface area contributed by atoms with Crippen molar-refractivity contribution in [1.82, 2.24) is 5.32 Å². The van der Waals surface area contributed by atoms with Gasteiger partial charge in [-0.2, -0.15) is 11.8 Å². The van der Waals surface area contributed by atoms with Crippen LogP contribution >= 0.6 is 23.4 Å². The van der Waals surface area contributed by atoms with E-state index in [1.807, 2.05) is 11.8 Å². The van der Waals surface area contributed by atoms with Gasteiger partial charge in [-0.1, -0.05) is 11.6 Å². The van der Waals surface area contributed by atoms with Crippen molar-refractivity contribution >= 4 is 35.1 Å². The average molecular weight is 345 g/mol. The van der Waals surface area contributed by atoms with Crippen LogP contribution < -0.4 is 15.4 Å². The van der Waals surface area contributed by atoms with Gasteiger partial charge in [-0.3, -0.25) is 0 Å². The number of nitrogens with one attached hydrogen (secondary N) is 2. The van der Waals surface area contributed by atoms with E-state index in [9.17, 15) is 4.79 Å². The molecular formula is C15H21ClN2O3S. The third kappa shape index (κ3) is 5.59. The maximum Gasteiger partial charge on any atom is 0.319 e. The Kier molecular flexibility index (Phi) is 7.15. The highest BCUT2D eigenvalue weighted by Crippen LogP contribution is 2.27. The molecule has 122 valence electrons.